The molecule has 3 saturated heterocycles. The molecule has 3 heterocycles. The summed E-state index contributed by atoms with van der Waals surface area (Å²) in [6.45, 7) is 3.38. The highest BCUT2D eigenvalue weighted by Crippen LogP contribution is 2.32. The van der Waals surface area contributed by atoms with E-state index in [1.807, 2.05) is 0 Å². The van der Waals surface area contributed by atoms with E-state index in [1.165, 1.54) is 25.9 Å². The second-order valence-electron chi connectivity index (χ2n) is 3.77. The fourth-order valence-corrected chi connectivity index (χ4v) is 2.37. The summed E-state index contributed by atoms with van der Waals surface area (Å²) in [5.74, 6) is 1.38. The first kappa shape index (κ1) is 7.86. The monoisotopic (exact) mass is 169 g/mol. The van der Waals surface area contributed by atoms with Crippen LogP contribution in [0.1, 0.15) is 12.8 Å². The maximum absolute atomic E-state index is 8.56. The van der Waals surface area contributed by atoms with Crippen LogP contribution in [0.3, 0.4) is 0 Å². The standard InChI is InChI=1S/C8H15N3O/c9-8(10-12)7-5-11-3-1-6(7)2-4-11/h6-7,12H,1-5H2,(H2,9,10)/t7-/m1/s1. The van der Waals surface area contributed by atoms with Crippen molar-refractivity contribution in [3.05, 3.63) is 0 Å². The van der Waals surface area contributed by atoms with Gasteiger partial charge in [0.25, 0.3) is 0 Å². The van der Waals surface area contributed by atoms with Crippen LogP contribution in [0.25, 0.3) is 0 Å². The Balaban J connectivity index is 2.08. The Morgan fingerprint density at radius 1 is 1.42 bits per heavy atom. The lowest BCUT2D eigenvalue weighted by Crippen LogP contribution is -2.51. The number of nitrogens with two attached hydrogens (primary N) is 1. The molecule has 3 rings (SSSR count). The van der Waals surface area contributed by atoms with Crippen molar-refractivity contribution in [3.63, 3.8) is 0 Å². The molecule has 3 fully saturated rings. The Kier molecular flexibility index (Phi) is 1.92. The van der Waals surface area contributed by atoms with Gasteiger partial charge < -0.3 is 15.8 Å². The average molecular weight is 169 g/mol. The third kappa shape index (κ3) is 1.16. The van der Waals surface area contributed by atoms with Gasteiger partial charge in [-0.3, -0.25) is 0 Å². The van der Waals surface area contributed by atoms with E-state index in [0.717, 1.165) is 6.54 Å². The van der Waals surface area contributed by atoms with Crippen molar-refractivity contribution in [2.45, 2.75) is 12.8 Å². The normalized spacial score (nSPS) is 41.7. The van der Waals surface area contributed by atoms with Gasteiger partial charge in [0.2, 0.25) is 0 Å². The third-order valence-electron chi connectivity index (χ3n) is 3.15. The highest BCUT2D eigenvalue weighted by Gasteiger charge is 2.36. The Hall–Kier alpha value is -0.770. The number of oxime groups is 1. The molecular formula is C8H15N3O. The average Bonchev–Trinajstić information content (AvgIpc) is 2.18. The van der Waals surface area contributed by atoms with Crippen molar-refractivity contribution in [1.82, 2.24) is 4.90 Å². The van der Waals surface area contributed by atoms with Crippen LogP contribution in [-0.4, -0.2) is 35.6 Å². The van der Waals surface area contributed by atoms with Gasteiger partial charge in [-0.2, -0.15) is 0 Å². The zero-order valence-electron chi connectivity index (χ0n) is 7.11. The highest BCUT2D eigenvalue weighted by molar-refractivity contribution is 5.82. The van der Waals surface area contributed by atoms with E-state index in [9.17, 15) is 0 Å². The van der Waals surface area contributed by atoms with E-state index in [0.29, 0.717) is 17.7 Å². The van der Waals surface area contributed by atoms with Crippen LogP contribution < -0.4 is 5.73 Å². The molecule has 1 atom stereocenters. The van der Waals surface area contributed by atoms with Crippen LogP contribution in [0.15, 0.2) is 5.16 Å². The van der Waals surface area contributed by atoms with Gasteiger partial charge in [-0.05, 0) is 31.8 Å². The van der Waals surface area contributed by atoms with Crippen LogP contribution in [0.4, 0.5) is 0 Å². The van der Waals surface area contributed by atoms with Crippen molar-refractivity contribution in [1.29, 1.82) is 0 Å². The summed E-state index contributed by atoms with van der Waals surface area (Å²) >= 11 is 0. The molecule has 0 aliphatic carbocycles. The summed E-state index contributed by atoms with van der Waals surface area (Å²) in [6, 6.07) is 0. The molecule has 68 valence electrons. The number of nitrogens with zero attached hydrogens (tertiary/aromatic N) is 2. The van der Waals surface area contributed by atoms with Crippen LogP contribution in [-0.2, 0) is 0 Å². The Morgan fingerprint density at radius 2 is 2.08 bits per heavy atom. The summed E-state index contributed by atoms with van der Waals surface area (Å²) in [5.41, 5.74) is 5.61. The van der Waals surface area contributed by atoms with Gasteiger partial charge in [0.1, 0.15) is 5.84 Å². The second kappa shape index (κ2) is 2.94. The largest absolute Gasteiger partial charge is 0.409 e. The van der Waals surface area contributed by atoms with Crippen molar-refractivity contribution in [2.75, 3.05) is 19.6 Å². The Labute approximate surface area is 72.0 Å². The maximum Gasteiger partial charge on any atom is 0.143 e. The molecule has 4 nitrogen and oxygen atoms in total. The van der Waals surface area contributed by atoms with Crippen molar-refractivity contribution < 1.29 is 5.21 Å². The number of amidine groups is 1. The van der Waals surface area contributed by atoms with E-state index >= 15 is 0 Å². The summed E-state index contributed by atoms with van der Waals surface area (Å²) in [4.78, 5) is 2.39. The summed E-state index contributed by atoms with van der Waals surface area (Å²) in [5, 5.41) is 11.7. The molecule has 3 N–H and O–H groups in total. The zero-order chi connectivity index (χ0) is 8.55. The molecule has 12 heavy (non-hydrogen) atoms. The number of hydrogen-bond donors (Lipinski definition) is 2. The first-order chi connectivity index (χ1) is 5.81. The fraction of sp³-hybridized carbons (Fsp3) is 0.875. The summed E-state index contributed by atoms with van der Waals surface area (Å²) in [6.07, 6.45) is 2.42. The molecule has 4 heteroatoms. The number of rotatable bonds is 1. The molecular weight excluding hydrogens is 154 g/mol. The van der Waals surface area contributed by atoms with Gasteiger partial charge in [0.05, 0.1) is 0 Å². The van der Waals surface area contributed by atoms with Gasteiger partial charge in [0, 0.05) is 12.5 Å². The molecule has 0 spiro atoms. The molecule has 3 aliphatic heterocycles. The van der Waals surface area contributed by atoms with E-state index in [1.54, 1.807) is 0 Å². The Morgan fingerprint density at radius 3 is 2.50 bits per heavy atom. The van der Waals surface area contributed by atoms with Crippen LogP contribution in [0.5, 0.6) is 0 Å². The molecule has 2 bridgehead atoms. The molecule has 0 radical (unpaired) electrons. The number of piperidine rings is 3. The SMILES string of the molecule is NC(=NO)[C@@H]1CN2CCC1CC2. The topological polar surface area (TPSA) is 61.9 Å². The van der Waals surface area contributed by atoms with E-state index in [4.69, 9.17) is 10.9 Å². The molecule has 0 aromatic rings. The lowest BCUT2D eigenvalue weighted by Gasteiger charge is -2.44. The van der Waals surface area contributed by atoms with Crippen molar-refractivity contribution >= 4 is 5.84 Å². The quantitative estimate of drug-likeness (QED) is 0.253. The minimum Gasteiger partial charge on any atom is -0.409 e. The minimum absolute atomic E-state index is 0.303. The predicted molar refractivity (Wildman–Crippen MR) is 46.1 cm³/mol. The minimum atomic E-state index is 0.303. The first-order valence-corrected chi connectivity index (χ1v) is 4.51. The van der Waals surface area contributed by atoms with Gasteiger partial charge in [0.15, 0.2) is 0 Å². The van der Waals surface area contributed by atoms with Gasteiger partial charge in [-0.1, -0.05) is 5.16 Å². The van der Waals surface area contributed by atoms with Gasteiger partial charge in [-0.25, -0.2) is 0 Å². The van der Waals surface area contributed by atoms with E-state index < -0.39 is 0 Å². The highest BCUT2D eigenvalue weighted by atomic mass is 16.4. The second-order valence-corrected chi connectivity index (χ2v) is 3.77. The fourth-order valence-electron chi connectivity index (χ4n) is 2.37. The van der Waals surface area contributed by atoms with Gasteiger partial charge >= 0.3 is 0 Å². The molecule has 0 amide bonds. The molecule has 0 aromatic carbocycles. The molecule has 0 aromatic heterocycles. The molecule has 0 unspecified atom stereocenters. The van der Waals surface area contributed by atoms with Crippen LogP contribution in [0.2, 0.25) is 0 Å². The van der Waals surface area contributed by atoms with Gasteiger partial charge in [-0.15, -0.1) is 0 Å². The maximum atomic E-state index is 8.56. The van der Waals surface area contributed by atoms with Crippen LogP contribution >= 0.6 is 0 Å². The zero-order valence-corrected chi connectivity index (χ0v) is 7.11. The summed E-state index contributed by atoms with van der Waals surface area (Å²) < 4.78 is 0. The van der Waals surface area contributed by atoms with Crippen molar-refractivity contribution in [3.8, 4) is 0 Å². The smallest absolute Gasteiger partial charge is 0.143 e. The van der Waals surface area contributed by atoms with Crippen molar-refractivity contribution in [2.24, 2.45) is 22.7 Å². The summed E-state index contributed by atoms with van der Waals surface area (Å²) in [7, 11) is 0. The van der Waals surface area contributed by atoms with Crippen LogP contribution in [0, 0.1) is 11.8 Å². The lowest BCUT2D eigenvalue weighted by molar-refractivity contribution is 0.0798. The van der Waals surface area contributed by atoms with E-state index in [2.05, 4.69) is 10.1 Å². The Bertz CT molecular complexity index is 196. The third-order valence-corrected chi connectivity index (χ3v) is 3.15. The van der Waals surface area contributed by atoms with E-state index in [-0.39, 0.29) is 0 Å². The predicted octanol–water partition coefficient (Wildman–Crippen LogP) is 0.0746. The lowest BCUT2D eigenvalue weighted by atomic mass is 9.78. The number of fused-ring (bicyclic) bond motifs is 3. The molecule has 0 saturated carbocycles. The molecule has 3 aliphatic rings. The number of hydrogen-bond acceptors (Lipinski definition) is 3. The first-order valence-electron chi connectivity index (χ1n) is 4.51.